The van der Waals surface area contributed by atoms with Crippen LogP contribution in [0.3, 0.4) is 0 Å². The minimum Gasteiger partial charge on any atom is -0.453 e. The van der Waals surface area contributed by atoms with Crippen molar-refractivity contribution in [2.75, 3.05) is 0 Å². The fourth-order valence-electron chi connectivity index (χ4n) is 2.75. The van der Waals surface area contributed by atoms with Gasteiger partial charge in [-0.2, -0.15) is 0 Å². The molecule has 0 aliphatic heterocycles. The summed E-state index contributed by atoms with van der Waals surface area (Å²) in [5, 5.41) is 11.6. The molecule has 4 aromatic rings. The van der Waals surface area contributed by atoms with Crippen molar-refractivity contribution < 1.29 is 9.66 Å². The summed E-state index contributed by atoms with van der Waals surface area (Å²) in [5.74, 6) is 1.26. The Morgan fingerprint density at radius 2 is 1.89 bits per heavy atom. The average molecular weight is 392 g/mol. The second-order valence-electron chi connectivity index (χ2n) is 6.02. The van der Waals surface area contributed by atoms with Gasteiger partial charge in [-0.1, -0.05) is 41.9 Å². The van der Waals surface area contributed by atoms with Gasteiger partial charge in [0.15, 0.2) is 11.6 Å². The molecule has 0 bridgehead atoms. The van der Waals surface area contributed by atoms with Crippen molar-refractivity contribution in [1.29, 1.82) is 0 Å². The van der Waals surface area contributed by atoms with Gasteiger partial charge in [0.2, 0.25) is 0 Å². The molecule has 0 atom stereocenters. The van der Waals surface area contributed by atoms with E-state index in [0.29, 0.717) is 22.4 Å². The fourth-order valence-corrected chi connectivity index (χ4v) is 2.95. The molecule has 3 aromatic carbocycles. The second kappa shape index (κ2) is 7.54. The van der Waals surface area contributed by atoms with Gasteiger partial charge in [-0.3, -0.25) is 10.1 Å². The van der Waals surface area contributed by atoms with Crippen molar-refractivity contribution >= 4 is 40.2 Å². The molecule has 1 N–H and O–H groups in total. The number of nitrogens with zero attached hydrogens (tertiary/aromatic N) is 2. The first-order valence-corrected chi connectivity index (χ1v) is 8.81. The monoisotopic (exact) mass is 391 g/mol. The fraction of sp³-hybridized carbons (Fsp3) is 0. The number of nitrogens with one attached hydrogen (secondary N) is 1. The molecular weight excluding hydrogens is 378 g/mol. The van der Waals surface area contributed by atoms with E-state index in [0.717, 1.165) is 16.6 Å². The Labute approximate surface area is 165 Å². The maximum atomic E-state index is 11.1. The Balaban J connectivity index is 1.79. The summed E-state index contributed by atoms with van der Waals surface area (Å²) >= 11 is 6.09. The molecule has 28 heavy (non-hydrogen) atoms. The number of rotatable bonds is 5. The van der Waals surface area contributed by atoms with Crippen LogP contribution in [-0.2, 0) is 0 Å². The third kappa shape index (κ3) is 3.87. The van der Waals surface area contributed by atoms with Gasteiger partial charge in [0, 0.05) is 11.1 Å². The Morgan fingerprint density at radius 1 is 1.07 bits per heavy atom. The maximum absolute atomic E-state index is 11.1. The quantitative estimate of drug-likeness (QED) is 0.269. The smallest absolute Gasteiger partial charge is 0.273 e. The van der Waals surface area contributed by atoms with Crippen molar-refractivity contribution in [3.63, 3.8) is 0 Å². The zero-order chi connectivity index (χ0) is 19.5. The third-order valence-corrected chi connectivity index (χ3v) is 4.26. The Bertz CT molecular complexity index is 1170. The molecule has 0 fully saturated rings. The Hall–Kier alpha value is -3.64. The molecule has 1 aromatic heterocycles. The van der Waals surface area contributed by atoms with E-state index in [1.807, 2.05) is 36.4 Å². The molecule has 0 unspecified atom stereocenters. The van der Waals surface area contributed by atoms with Crippen LogP contribution in [0.4, 0.5) is 5.69 Å². The number of halogens is 1. The van der Waals surface area contributed by atoms with Crippen molar-refractivity contribution in [2.24, 2.45) is 0 Å². The summed E-state index contributed by atoms with van der Waals surface area (Å²) in [6.45, 7) is 0. The first kappa shape index (κ1) is 17.8. The molecule has 0 saturated heterocycles. The van der Waals surface area contributed by atoms with Crippen LogP contribution in [0.25, 0.3) is 22.9 Å². The summed E-state index contributed by atoms with van der Waals surface area (Å²) in [7, 11) is 0. The van der Waals surface area contributed by atoms with Crippen LogP contribution in [0.1, 0.15) is 11.4 Å². The van der Waals surface area contributed by atoms with Gasteiger partial charge < -0.3 is 9.72 Å². The summed E-state index contributed by atoms with van der Waals surface area (Å²) in [5.41, 5.74) is 2.41. The molecule has 0 spiro atoms. The minimum atomic E-state index is -0.464. The van der Waals surface area contributed by atoms with Gasteiger partial charge in [0.05, 0.1) is 22.0 Å². The number of ether oxygens (including phenoxy) is 1. The van der Waals surface area contributed by atoms with Crippen LogP contribution < -0.4 is 4.74 Å². The number of hydrogen-bond donors (Lipinski definition) is 1. The van der Waals surface area contributed by atoms with Gasteiger partial charge in [0.25, 0.3) is 5.69 Å². The SMILES string of the molecule is O=[N+]([O-])c1cccc(O/C(=C/c2cccc(Cl)c2)c2nc3ccccc3[nH]2)c1. The van der Waals surface area contributed by atoms with Crippen molar-refractivity contribution in [2.45, 2.75) is 0 Å². The van der Waals surface area contributed by atoms with E-state index >= 15 is 0 Å². The van der Waals surface area contributed by atoms with Gasteiger partial charge in [0.1, 0.15) is 5.75 Å². The van der Waals surface area contributed by atoms with Crippen molar-refractivity contribution in [1.82, 2.24) is 9.97 Å². The first-order valence-electron chi connectivity index (χ1n) is 8.43. The standard InChI is InChI=1S/C21H14ClN3O3/c22-15-6-3-5-14(11-15)12-20(21-23-18-9-1-2-10-19(18)24-21)28-17-8-4-7-16(13-17)25(26)27/h1-13H,(H,23,24)/b20-12+. The number of non-ortho nitro benzene ring substituents is 1. The topological polar surface area (TPSA) is 81.1 Å². The van der Waals surface area contributed by atoms with Gasteiger partial charge in [-0.25, -0.2) is 4.98 Å². The Morgan fingerprint density at radius 3 is 2.68 bits per heavy atom. The number of aromatic nitrogens is 2. The lowest BCUT2D eigenvalue weighted by Gasteiger charge is -2.08. The predicted octanol–water partition coefficient (Wildman–Crippen LogP) is 5.70. The molecule has 138 valence electrons. The highest BCUT2D eigenvalue weighted by atomic mass is 35.5. The maximum Gasteiger partial charge on any atom is 0.273 e. The zero-order valence-electron chi connectivity index (χ0n) is 14.5. The first-order chi connectivity index (χ1) is 13.6. The van der Waals surface area contributed by atoms with Crippen molar-refractivity contribution in [3.8, 4) is 5.75 Å². The normalized spacial score (nSPS) is 11.5. The van der Waals surface area contributed by atoms with Crippen LogP contribution in [0.5, 0.6) is 5.75 Å². The van der Waals surface area contributed by atoms with Crippen LogP contribution in [-0.4, -0.2) is 14.9 Å². The highest BCUT2D eigenvalue weighted by Crippen LogP contribution is 2.27. The number of imidazole rings is 1. The molecule has 0 radical (unpaired) electrons. The molecule has 1 heterocycles. The molecule has 0 aliphatic rings. The summed E-state index contributed by atoms with van der Waals surface area (Å²) in [4.78, 5) is 18.4. The number of nitro groups is 1. The molecule has 0 aliphatic carbocycles. The van der Waals surface area contributed by atoms with Gasteiger partial charge in [-0.05, 0) is 42.0 Å². The molecule has 6 nitrogen and oxygen atoms in total. The minimum absolute atomic E-state index is 0.0517. The van der Waals surface area contributed by atoms with E-state index < -0.39 is 4.92 Å². The number of H-pyrrole nitrogens is 1. The lowest BCUT2D eigenvalue weighted by atomic mass is 10.2. The largest absolute Gasteiger partial charge is 0.453 e. The second-order valence-corrected chi connectivity index (χ2v) is 6.46. The highest BCUT2D eigenvalue weighted by molar-refractivity contribution is 6.30. The van der Waals surface area contributed by atoms with Gasteiger partial charge >= 0.3 is 0 Å². The summed E-state index contributed by atoms with van der Waals surface area (Å²) < 4.78 is 5.98. The number of para-hydroxylation sites is 2. The van der Waals surface area contributed by atoms with Crippen LogP contribution >= 0.6 is 11.6 Å². The molecule has 4 rings (SSSR count). The summed E-state index contributed by atoms with van der Waals surface area (Å²) in [6, 6.07) is 20.9. The molecule has 0 amide bonds. The van der Waals surface area contributed by atoms with E-state index in [2.05, 4.69) is 9.97 Å². The summed E-state index contributed by atoms with van der Waals surface area (Å²) in [6.07, 6.45) is 1.78. The number of nitro benzene ring substituents is 1. The Kier molecular flexibility index (Phi) is 4.78. The van der Waals surface area contributed by atoms with Crippen LogP contribution in [0.15, 0.2) is 72.8 Å². The average Bonchev–Trinajstić information content (AvgIpc) is 3.12. The van der Waals surface area contributed by atoms with Crippen LogP contribution in [0.2, 0.25) is 5.02 Å². The highest BCUT2D eigenvalue weighted by Gasteiger charge is 2.13. The number of hydrogen-bond acceptors (Lipinski definition) is 4. The molecule has 7 heteroatoms. The molecule has 0 saturated carbocycles. The predicted molar refractivity (Wildman–Crippen MR) is 109 cm³/mol. The van der Waals surface area contributed by atoms with E-state index in [4.69, 9.17) is 16.3 Å². The molecular formula is C21H14ClN3O3. The van der Waals surface area contributed by atoms with Crippen LogP contribution in [0, 0.1) is 10.1 Å². The van der Waals surface area contributed by atoms with Gasteiger partial charge in [-0.15, -0.1) is 0 Å². The third-order valence-electron chi connectivity index (χ3n) is 4.03. The van der Waals surface area contributed by atoms with Crippen molar-refractivity contribution in [3.05, 3.63) is 99.3 Å². The number of aromatic amines is 1. The zero-order valence-corrected chi connectivity index (χ0v) is 15.3. The lowest BCUT2D eigenvalue weighted by Crippen LogP contribution is -1.98. The van der Waals surface area contributed by atoms with E-state index in [1.54, 1.807) is 30.3 Å². The number of fused-ring (bicyclic) bond motifs is 1. The van der Waals surface area contributed by atoms with E-state index in [1.165, 1.54) is 12.1 Å². The van der Waals surface area contributed by atoms with E-state index in [-0.39, 0.29) is 5.69 Å². The number of benzene rings is 3. The van der Waals surface area contributed by atoms with E-state index in [9.17, 15) is 10.1 Å². The lowest BCUT2D eigenvalue weighted by molar-refractivity contribution is -0.384.